The van der Waals surface area contributed by atoms with Crippen LogP contribution in [0.1, 0.15) is 26.0 Å². The Hall–Kier alpha value is -1.97. The standard InChI is InChI=1S/C15H20N2O2/c1-10-13(11-6-4-5-7-12(11)17-10)16-9-8-15(2,3)14(18)19/h4-7,16-17H,8-9H2,1-3H3,(H,18,19). The highest BCUT2D eigenvalue weighted by Gasteiger charge is 2.26. The maximum absolute atomic E-state index is 11.1. The number of anilines is 1. The lowest BCUT2D eigenvalue weighted by Gasteiger charge is -2.19. The average molecular weight is 260 g/mol. The lowest BCUT2D eigenvalue weighted by Crippen LogP contribution is -2.26. The fourth-order valence-corrected chi connectivity index (χ4v) is 2.11. The summed E-state index contributed by atoms with van der Waals surface area (Å²) in [5, 5.41) is 13.6. The number of fused-ring (bicyclic) bond motifs is 1. The molecule has 0 saturated carbocycles. The number of H-pyrrole nitrogens is 1. The predicted molar refractivity (Wildman–Crippen MR) is 77.6 cm³/mol. The first-order valence-corrected chi connectivity index (χ1v) is 6.46. The van der Waals surface area contributed by atoms with E-state index < -0.39 is 11.4 Å². The Morgan fingerprint density at radius 1 is 1.37 bits per heavy atom. The van der Waals surface area contributed by atoms with Gasteiger partial charge in [0.1, 0.15) is 0 Å². The molecule has 0 spiro atoms. The van der Waals surface area contributed by atoms with Gasteiger partial charge in [0, 0.05) is 23.1 Å². The molecule has 4 heteroatoms. The van der Waals surface area contributed by atoms with E-state index in [1.807, 2.05) is 25.1 Å². The van der Waals surface area contributed by atoms with Crippen molar-refractivity contribution in [2.45, 2.75) is 27.2 Å². The first-order valence-electron chi connectivity index (χ1n) is 6.46. The lowest BCUT2D eigenvalue weighted by atomic mass is 9.89. The van der Waals surface area contributed by atoms with E-state index in [4.69, 9.17) is 5.11 Å². The van der Waals surface area contributed by atoms with Crippen LogP contribution in [0.15, 0.2) is 24.3 Å². The van der Waals surface area contributed by atoms with Crippen LogP contribution >= 0.6 is 0 Å². The SMILES string of the molecule is Cc1[nH]c2ccccc2c1NCCC(C)(C)C(=O)O. The summed E-state index contributed by atoms with van der Waals surface area (Å²) >= 11 is 0. The number of aryl methyl sites for hydroxylation is 1. The fraction of sp³-hybridized carbons (Fsp3) is 0.400. The van der Waals surface area contributed by atoms with Gasteiger partial charge in [0.05, 0.1) is 11.1 Å². The van der Waals surface area contributed by atoms with E-state index in [1.54, 1.807) is 13.8 Å². The second kappa shape index (κ2) is 4.96. The molecule has 0 unspecified atom stereocenters. The summed E-state index contributed by atoms with van der Waals surface area (Å²) in [5.41, 5.74) is 2.54. The summed E-state index contributed by atoms with van der Waals surface area (Å²) in [4.78, 5) is 14.4. The van der Waals surface area contributed by atoms with Gasteiger partial charge in [0.15, 0.2) is 0 Å². The maximum atomic E-state index is 11.1. The largest absolute Gasteiger partial charge is 0.481 e. The topological polar surface area (TPSA) is 65.1 Å². The van der Waals surface area contributed by atoms with Crippen LogP contribution in [0.2, 0.25) is 0 Å². The Morgan fingerprint density at radius 3 is 2.74 bits per heavy atom. The van der Waals surface area contributed by atoms with E-state index in [-0.39, 0.29) is 0 Å². The average Bonchev–Trinajstić information content (AvgIpc) is 2.65. The molecule has 0 bridgehead atoms. The minimum absolute atomic E-state index is 0.585. The zero-order valence-corrected chi connectivity index (χ0v) is 11.6. The molecule has 3 N–H and O–H groups in total. The van der Waals surface area contributed by atoms with Gasteiger partial charge in [-0.1, -0.05) is 18.2 Å². The van der Waals surface area contributed by atoms with Gasteiger partial charge < -0.3 is 15.4 Å². The highest BCUT2D eigenvalue weighted by Crippen LogP contribution is 2.28. The van der Waals surface area contributed by atoms with E-state index in [0.717, 1.165) is 22.3 Å². The van der Waals surface area contributed by atoms with Gasteiger partial charge >= 0.3 is 5.97 Å². The van der Waals surface area contributed by atoms with E-state index in [1.165, 1.54) is 0 Å². The molecule has 0 atom stereocenters. The van der Waals surface area contributed by atoms with Gasteiger partial charge in [-0.25, -0.2) is 0 Å². The van der Waals surface area contributed by atoms with Crippen LogP contribution in [0.4, 0.5) is 5.69 Å². The highest BCUT2D eigenvalue weighted by atomic mass is 16.4. The van der Waals surface area contributed by atoms with Crippen LogP contribution in [-0.2, 0) is 4.79 Å². The Labute approximate surface area is 112 Å². The monoisotopic (exact) mass is 260 g/mol. The normalized spacial score (nSPS) is 11.7. The van der Waals surface area contributed by atoms with Crippen molar-refractivity contribution in [3.63, 3.8) is 0 Å². The first-order chi connectivity index (χ1) is 8.92. The minimum atomic E-state index is -0.759. The summed E-state index contributed by atoms with van der Waals surface area (Å²) < 4.78 is 0. The summed E-state index contributed by atoms with van der Waals surface area (Å²) in [6.07, 6.45) is 0.585. The second-order valence-electron chi connectivity index (χ2n) is 5.54. The molecular formula is C15H20N2O2. The molecule has 1 aromatic carbocycles. The van der Waals surface area contributed by atoms with Crippen LogP contribution in [0, 0.1) is 12.3 Å². The molecule has 0 aliphatic rings. The molecule has 0 radical (unpaired) electrons. The maximum Gasteiger partial charge on any atom is 0.309 e. The van der Waals surface area contributed by atoms with Gasteiger partial charge in [-0.2, -0.15) is 0 Å². The Bertz CT molecular complexity index is 599. The molecule has 0 fully saturated rings. The molecule has 2 aromatic rings. The predicted octanol–water partition coefficient (Wildman–Crippen LogP) is 3.39. The Kier molecular flexibility index (Phi) is 3.51. The second-order valence-corrected chi connectivity index (χ2v) is 5.54. The Morgan fingerprint density at radius 2 is 2.05 bits per heavy atom. The number of aromatic amines is 1. The van der Waals surface area contributed by atoms with Gasteiger partial charge in [-0.3, -0.25) is 4.79 Å². The Balaban J connectivity index is 2.10. The number of hydrogen-bond acceptors (Lipinski definition) is 2. The lowest BCUT2D eigenvalue weighted by molar-refractivity contribution is -0.147. The third-order valence-electron chi connectivity index (χ3n) is 3.52. The van der Waals surface area contributed by atoms with Crippen molar-refractivity contribution >= 4 is 22.6 Å². The van der Waals surface area contributed by atoms with Crippen LogP contribution in [-0.4, -0.2) is 22.6 Å². The zero-order valence-electron chi connectivity index (χ0n) is 11.6. The molecule has 2 rings (SSSR count). The number of para-hydroxylation sites is 1. The van der Waals surface area contributed by atoms with Crippen LogP contribution in [0.5, 0.6) is 0 Å². The number of rotatable bonds is 5. The van der Waals surface area contributed by atoms with Crippen molar-refractivity contribution in [1.29, 1.82) is 0 Å². The van der Waals surface area contributed by atoms with Crippen LogP contribution in [0.3, 0.4) is 0 Å². The molecule has 19 heavy (non-hydrogen) atoms. The molecule has 4 nitrogen and oxygen atoms in total. The van der Waals surface area contributed by atoms with E-state index in [2.05, 4.69) is 16.4 Å². The van der Waals surface area contributed by atoms with Crippen molar-refractivity contribution in [2.75, 3.05) is 11.9 Å². The van der Waals surface area contributed by atoms with Crippen LogP contribution in [0.25, 0.3) is 10.9 Å². The number of aliphatic carboxylic acids is 1. The third-order valence-corrected chi connectivity index (χ3v) is 3.52. The fourth-order valence-electron chi connectivity index (χ4n) is 2.11. The smallest absolute Gasteiger partial charge is 0.309 e. The summed E-state index contributed by atoms with van der Waals surface area (Å²) in [5.74, 6) is -0.759. The van der Waals surface area contributed by atoms with E-state index in [0.29, 0.717) is 13.0 Å². The summed E-state index contributed by atoms with van der Waals surface area (Å²) in [6.45, 7) is 6.16. The van der Waals surface area contributed by atoms with Crippen molar-refractivity contribution < 1.29 is 9.90 Å². The molecule has 0 saturated heterocycles. The molecule has 102 valence electrons. The summed E-state index contributed by atoms with van der Waals surface area (Å²) in [7, 11) is 0. The zero-order chi connectivity index (χ0) is 14.0. The number of nitrogens with one attached hydrogen (secondary N) is 2. The molecule has 0 aliphatic carbocycles. The number of carboxylic acid groups (broad SMARTS) is 1. The van der Waals surface area contributed by atoms with Crippen molar-refractivity contribution in [3.05, 3.63) is 30.0 Å². The minimum Gasteiger partial charge on any atom is -0.481 e. The number of aromatic nitrogens is 1. The number of hydrogen-bond donors (Lipinski definition) is 3. The van der Waals surface area contributed by atoms with Crippen molar-refractivity contribution in [2.24, 2.45) is 5.41 Å². The first kappa shape index (κ1) is 13.5. The van der Waals surface area contributed by atoms with E-state index in [9.17, 15) is 4.79 Å². The van der Waals surface area contributed by atoms with Crippen molar-refractivity contribution in [1.82, 2.24) is 4.98 Å². The quantitative estimate of drug-likeness (QED) is 0.772. The van der Waals surface area contributed by atoms with Gasteiger partial charge in [-0.05, 0) is 33.3 Å². The molecular weight excluding hydrogens is 240 g/mol. The highest BCUT2D eigenvalue weighted by molar-refractivity contribution is 5.94. The molecule has 1 aromatic heterocycles. The van der Waals surface area contributed by atoms with E-state index >= 15 is 0 Å². The summed E-state index contributed by atoms with van der Waals surface area (Å²) in [6, 6.07) is 8.09. The molecule has 0 amide bonds. The van der Waals surface area contributed by atoms with Gasteiger partial charge in [-0.15, -0.1) is 0 Å². The number of benzene rings is 1. The van der Waals surface area contributed by atoms with Crippen molar-refractivity contribution in [3.8, 4) is 0 Å². The molecule has 0 aliphatic heterocycles. The molecule has 1 heterocycles. The van der Waals surface area contributed by atoms with Gasteiger partial charge in [0.2, 0.25) is 0 Å². The van der Waals surface area contributed by atoms with Crippen LogP contribution < -0.4 is 5.32 Å². The van der Waals surface area contributed by atoms with Gasteiger partial charge in [0.25, 0.3) is 0 Å². The number of carbonyl (C=O) groups is 1. The number of carboxylic acids is 1. The third kappa shape index (κ3) is 2.72.